The normalized spacial score (nSPS) is 10.8. The summed E-state index contributed by atoms with van der Waals surface area (Å²) in [4.78, 5) is 4.30. The molecule has 7 heteroatoms. The van der Waals surface area contributed by atoms with E-state index >= 15 is 0 Å². The number of nitrogens with zero attached hydrogens (tertiary/aromatic N) is 4. The van der Waals surface area contributed by atoms with Crippen LogP contribution >= 0.6 is 11.6 Å². The van der Waals surface area contributed by atoms with Gasteiger partial charge in [-0.3, -0.25) is 4.40 Å². The van der Waals surface area contributed by atoms with Crippen LogP contribution in [0.3, 0.4) is 0 Å². The van der Waals surface area contributed by atoms with E-state index in [9.17, 15) is 0 Å². The Morgan fingerprint density at radius 2 is 2.19 bits per heavy atom. The highest BCUT2D eigenvalue weighted by Gasteiger charge is 2.11. The topological polar surface area (TPSA) is 64.3 Å². The summed E-state index contributed by atoms with van der Waals surface area (Å²) in [6.45, 7) is 2.38. The van der Waals surface area contributed by atoms with E-state index in [-0.39, 0.29) is 0 Å². The first-order valence-electron chi connectivity index (χ1n) is 6.42. The first-order valence-corrected chi connectivity index (χ1v) is 6.80. The van der Waals surface area contributed by atoms with Gasteiger partial charge in [-0.05, 0) is 19.1 Å². The molecule has 0 aliphatic heterocycles. The van der Waals surface area contributed by atoms with Crippen molar-refractivity contribution in [3.63, 3.8) is 0 Å². The number of rotatable bonds is 4. The molecule has 0 radical (unpaired) electrons. The maximum absolute atomic E-state index is 6.22. The van der Waals surface area contributed by atoms with Gasteiger partial charge in [-0.1, -0.05) is 17.7 Å². The molecule has 0 saturated heterocycles. The largest absolute Gasteiger partial charge is 0.496 e. The Morgan fingerprint density at radius 3 is 3.00 bits per heavy atom. The lowest BCUT2D eigenvalue weighted by molar-refractivity contribution is 0.410. The predicted molar refractivity (Wildman–Crippen MR) is 80.8 cm³/mol. The molecule has 21 heavy (non-hydrogen) atoms. The van der Waals surface area contributed by atoms with Crippen molar-refractivity contribution in [1.82, 2.24) is 19.6 Å². The standard InChI is InChI=1S/C14H14ClN5O/c1-9-18-19-14-13(16-6-7-20(9)14)17-8-10-11(15)4-3-5-12(10)21-2/h3-7H,8H2,1-2H3,(H,16,17). The van der Waals surface area contributed by atoms with Crippen molar-refractivity contribution in [2.24, 2.45) is 0 Å². The monoisotopic (exact) mass is 303 g/mol. The second-order valence-corrected chi connectivity index (χ2v) is 4.90. The summed E-state index contributed by atoms with van der Waals surface area (Å²) in [5, 5.41) is 12.0. The molecular weight excluding hydrogens is 290 g/mol. The SMILES string of the molecule is COc1cccc(Cl)c1CNc1nccn2c(C)nnc12. The van der Waals surface area contributed by atoms with E-state index in [1.165, 1.54) is 0 Å². The highest BCUT2D eigenvalue weighted by molar-refractivity contribution is 6.31. The molecule has 108 valence electrons. The Bertz CT molecular complexity index is 786. The zero-order valence-corrected chi connectivity index (χ0v) is 12.4. The number of anilines is 1. The molecule has 1 N–H and O–H groups in total. The molecule has 0 unspecified atom stereocenters. The Hall–Kier alpha value is -2.34. The number of aromatic nitrogens is 4. The highest BCUT2D eigenvalue weighted by atomic mass is 35.5. The smallest absolute Gasteiger partial charge is 0.203 e. The van der Waals surface area contributed by atoms with Crippen LogP contribution in [0.15, 0.2) is 30.6 Å². The van der Waals surface area contributed by atoms with E-state index in [1.54, 1.807) is 13.3 Å². The van der Waals surface area contributed by atoms with Gasteiger partial charge in [-0.25, -0.2) is 4.98 Å². The van der Waals surface area contributed by atoms with Crippen molar-refractivity contribution < 1.29 is 4.74 Å². The molecule has 0 bridgehead atoms. The molecule has 0 saturated carbocycles. The summed E-state index contributed by atoms with van der Waals surface area (Å²) in [7, 11) is 1.62. The maximum Gasteiger partial charge on any atom is 0.203 e. The Labute approximate surface area is 126 Å². The van der Waals surface area contributed by atoms with Gasteiger partial charge in [0.2, 0.25) is 5.65 Å². The van der Waals surface area contributed by atoms with E-state index in [2.05, 4.69) is 20.5 Å². The Kier molecular flexibility index (Phi) is 3.62. The number of hydrogen-bond acceptors (Lipinski definition) is 5. The first-order chi connectivity index (χ1) is 10.2. The number of methoxy groups -OCH3 is 1. The molecule has 0 fully saturated rings. The minimum absolute atomic E-state index is 0.488. The Balaban J connectivity index is 1.91. The fourth-order valence-electron chi connectivity index (χ4n) is 2.14. The molecule has 2 heterocycles. The molecule has 1 aromatic carbocycles. The summed E-state index contributed by atoms with van der Waals surface area (Å²) < 4.78 is 7.20. The van der Waals surface area contributed by atoms with E-state index in [0.29, 0.717) is 23.0 Å². The number of hydrogen-bond donors (Lipinski definition) is 1. The van der Waals surface area contributed by atoms with Gasteiger partial charge in [0.25, 0.3) is 0 Å². The van der Waals surface area contributed by atoms with Crippen molar-refractivity contribution in [2.45, 2.75) is 13.5 Å². The first kappa shape index (κ1) is 13.6. The molecule has 0 amide bonds. The summed E-state index contributed by atoms with van der Waals surface area (Å²) in [6.07, 6.45) is 3.53. The summed E-state index contributed by atoms with van der Waals surface area (Å²) >= 11 is 6.22. The number of nitrogens with one attached hydrogen (secondary N) is 1. The predicted octanol–water partition coefficient (Wildman–Crippen LogP) is 2.71. The number of fused-ring (bicyclic) bond motifs is 1. The van der Waals surface area contributed by atoms with Crippen LogP contribution in [0.2, 0.25) is 5.02 Å². The van der Waals surface area contributed by atoms with Crippen molar-refractivity contribution >= 4 is 23.1 Å². The quantitative estimate of drug-likeness (QED) is 0.803. The van der Waals surface area contributed by atoms with Crippen LogP contribution in [0.25, 0.3) is 5.65 Å². The second-order valence-electron chi connectivity index (χ2n) is 4.49. The van der Waals surface area contributed by atoms with Crippen LogP contribution in [0.4, 0.5) is 5.82 Å². The number of benzene rings is 1. The average molecular weight is 304 g/mol. The zero-order valence-electron chi connectivity index (χ0n) is 11.7. The van der Waals surface area contributed by atoms with Crippen molar-refractivity contribution in [3.8, 4) is 5.75 Å². The van der Waals surface area contributed by atoms with Gasteiger partial charge in [0.1, 0.15) is 11.6 Å². The van der Waals surface area contributed by atoms with Gasteiger partial charge >= 0.3 is 0 Å². The van der Waals surface area contributed by atoms with Crippen molar-refractivity contribution in [1.29, 1.82) is 0 Å². The lowest BCUT2D eigenvalue weighted by Crippen LogP contribution is -2.05. The lowest BCUT2D eigenvalue weighted by atomic mass is 10.2. The fraction of sp³-hybridized carbons (Fsp3) is 0.214. The summed E-state index contributed by atoms with van der Waals surface area (Å²) in [5.74, 6) is 2.20. The molecule has 0 atom stereocenters. The third kappa shape index (κ3) is 2.50. The van der Waals surface area contributed by atoms with Gasteiger partial charge in [-0.15, -0.1) is 10.2 Å². The fourth-order valence-corrected chi connectivity index (χ4v) is 2.37. The van der Waals surface area contributed by atoms with E-state index in [0.717, 1.165) is 17.1 Å². The molecule has 0 aliphatic carbocycles. The molecule has 0 spiro atoms. The van der Waals surface area contributed by atoms with E-state index in [4.69, 9.17) is 16.3 Å². The van der Waals surface area contributed by atoms with E-state index in [1.807, 2.05) is 35.7 Å². The average Bonchev–Trinajstić information content (AvgIpc) is 2.88. The molecular formula is C14H14ClN5O. The van der Waals surface area contributed by atoms with Gasteiger partial charge in [0.15, 0.2) is 5.82 Å². The Morgan fingerprint density at radius 1 is 1.33 bits per heavy atom. The third-order valence-corrected chi connectivity index (χ3v) is 3.58. The zero-order chi connectivity index (χ0) is 14.8. The van der Waals surface area contributed by atoms with Crippen LogP contribution in [-0.2, 0) is 6.54 Å². The molecule has 3 rings (SSSR count). The van der Waals surface area contributed by atoms with Gasteiger partial charge in [0.05, 0.1) is 7.11 Å². The van der Waals surface area contributed by atoms with Crippen LogP contribution in [-0.4, -0.2) is 26.7 Å². The number of halogens is 1. The van der Waals surface area contributed by atoms with Crippen molar-refractivity contribution in [3.05, 3.63) is 47.0 Å². The molecule has 3 aromatic rings. The minimum atomic E-state index is 0.488. The van der Waals surface area contributed by atoms with Gasteiger partial charge in [-0.2, -0.15) is 0 Å². The summed E-state index contributed by atoms with van der Waals surface area (Å²) in [5.41, 5.74) is 1.56. The van der Waals surface area contributed by atoms with E-state index < -0.39 is 0 Å². The van der Waals surface area contributed by atoms with Gasteiger partial charge < -0.3 is 10.1 Å². The second kappa shape index (κ2) is 5.57. The number of aryl methyl sites for hydroxylation is 1. The van der Waals surface area contributed by atoms with Gasteiger partial charge in [0, 0.05) is 29.5 Å². The molecule has 2 aromatic heterocycles. The lowest BCUT2D eigenvalue weighted by Gasteiger charge is -2.12. The van der Waals surface area contributed by atoms with Crippen LogP contribution in [0, 0.1) is 6.92 Å². The van der Waals surface area contributed by atoms with Crippen LogP contribution in [0.1, 0.15) is 11.4 Å². The molecule has 6 nitrogen and oxygen atoms in total. The minimum Gasteiger partial charge on any atom is -0.496 e. The highest BCUT2D eigenvalue weighted by Crippen LogP contribution is 2.27. The summed E-state index contributed by atoms with van der Waals surface area (Å²) in [6, 6.07) is 5.56. The van der Waals surface area contributed by atoms with Crippen LogP contribution < -0.4 is 10.1 Å². The number of ether oxygens (including phenoxy) is 1. The third-order valence-electron chi connectivity index (χ3n) is 3.23. The van der Waals surface area contributed by atoms with Crippen molar-refractivity contribution in [2.75, 3.05) is 12.4 Å². The molecule has 0 aliphatic rings. The van der Waals surface area contributed by atoms with Crippen LogP contribution in [0.5, 0.6) is 5.75 Å². The maximum atomic E-state index is 6.22.